The number of ketones is 1. The van der Waals surface area contributed by atoms with Crippen LogP contribution in [0.5, 0.6) is 0 Å². The highest BCUT2D eigenvalue weighted by molar-refractivity contribution is 6.30. The highest BCUT2D eigenvalue weighted by atomic mass is 35.5. The summed E-state index contributed by atoms with van der Waals surface area (Å²) in [5.41, 5.74) is 4.42. The molecule has 0 spiro atoms. The van der Waals surface area contributed by atoms with Crippen LogP contribution in [-0.2, 0) is 13.5 Å². The van der Waals surface area contributed by atoms with Crippen molar-refractivity contribution in [1.82, 2.24) is 24.4 Å². The van der Waals surface area contributed by atoms with Crippen LogP contribution in [0.15, 0.2) is 23.0 Å². The molecule has 2 aliphatic rings. The van der Waals surface area contributed by atoms with Gasteiger partial charge in [0.15, 0.2) is 11.5 Å². The van der Waals surface area contributed by atoms with Gasteiger partial charge in [0.1, 0.15) is 0 Å². The molecule has 8 heteroatoms. The van der Waals surface area contributed by atoms with Crippen molar-refractivity contribution in [2.24, 2.45) is 7.05 Å². The maximum Gasteiger partial charge on any atom is 0.270 e. The van der Waals surface area contributed by atoms with Gasteiger partial charge in [0.25, 0.3) is 5.56 Å². The van der Waals surface area contributed by atoms with Crippen molar-refractivity contribution >= 4 is 17.4 Å². The van der Waals surface area contributed by atoms with Gasteiger partial charge in [-0.05, 0) is 69.2 Å². The highest BCUT2D eigenvalue weighted by Crippen LogP contribution is 2.43. The zero-order chi connectivity index (χ0) is 23.3. The Bertz CT molecular complexity index is 1270. The number of carbonyl (C=O) groups excluding carboxylic acids is 1. The first-order valence-corrected chi connectivity index (χ1v) is 12.3. The minimum atomic E-state index is -0.178. The van der Waals surface area contributed by atoms with Gasteiger partial charge < -0.3 is 0 Å². The fourth-order valence-corrected chi connectivity index (χ4v) is 5.41. The molecule has 2 fully saturated rings. The minimum absolute atomic E-state index is 0.0356. The van der Waals surface area contributed by atoms with E-state index in [0.29, 0.717) is 27.9 Å². The third-order valence-electron chi connectivity index (χ3n) is 7.36. The fourth-order valence-electron chi connectivity index (χ4n) is 5.23. The maximum atomic E-state index is 13.3. The number of rotatable bonds is 6. The molecule has 0 bridgehead atoms. The predicted octanol–water partition coefficient (Wildman–Crippen LogP) is 4.85. The predicted molar refractivity (Wildman–Crippen MR) is 128 cm³/mol. The number of halogens is 1. The fraction of sp³-hybridized carbons (Fsp3) is 0.520. The van der Waals surface area contributed by atoms with E-state index in [1.807, 2.05) is 48.5 Å². The van der Waals surface area contributed by atoms with Gasteiger partial charge >= 0.3 is 0 Å². The zero-order valence-electron chi connectivity index (χ0n) is 19.5. The van der Waals surface area contributed by atoms with Crippen molar-refractivity contribution in [2.75, 3.05) is 0 Å². The van der Waals surface area contributed by atoms with Gasteiger partial charge in [0, 0.05) is 29.7 Å². The summed E-state index contributed by atoms with van der Waals surface area (Å²) in [6.45, 7) is 3.78. The maximum absolute atomic E-state index is 13.3. The number of carbonyl (C=O) groups is 1. The number of Topliss-reactive ketones (excluding diaryl/α,β-unsaturated/α-hetero) is 1. The molecule has 0 amide bonds. The molecular formula is C25H30ClN5O2. The molecule has 0 atom stereocenters. The van der Waals surface area contributed by atoms with Gasteiger partial charge in [-0.2, -0.15) is 0 Å². The lowest BCUT2D eigenvalue weighted by atomic mass is 9.96. The van der Waals surface area contributed by atoms with E-state index in [2.05, 4.69) is 10.3 Å². The molecule has 1 aromatic carbocycles. The Morgan fingerprint density at radius 1 is 1.09 bits per heavy atom. The van der Waals surface area contributed by atoms with E-state index in [0.717, 1.165) is 55.5 Å². The van der Waals surface area contributed by atoms with Crippen LogP contribution in [0.4, 0.5) is 0 Å². The van der Waals surface area contributed by atoms with Crippen LogP contribution in [0.2, 0.25) is 5.02 Å². The molecule has 2 heterocycles. The Morgan fingerprint density at radius 3 is 2.52 bits per heavy atom. The van der Waals surface area contributed by atoms with Gasteiger partial charge in [-0.25, -0.2) is 9.36 Å². The first-order chi connectivity index (χ1) is 15.9. The Kier molecular flexibility index (Phi) is 5.77. The summed E-state index contributed by atoms with van der Waals surface area (Å²) in [4.78, 5) is 26.6. The molecule has 0 N–H and O–H groups in total. The van der Waals surface area contributed by atoms with E-state index in [9.17, 15) is 9.59 Å². The van der Waals surface area contributed by atoms with Gasteiger partial charge in [0.05, 0.1) is 17.4 Å². The molecule has 33 heavy (non-hydrogen) atoms. The molecule has 0 radical (unpaired) electrons. The summed E-state index contributed by atoms with van der Waals surface area (Å²) >= 11 is 6.23. The van der Waals surface area contributed by atoms with Crippen LogP contribution >= 0.6 is 11.6 Å². The minimum Gasteiger partial charge on any atom is -0.292 e. The summed E-state index contributed by atoms with van der Waals surface area (Å²) in [7, 11) is 1.92. The van der Waals surface area contributed by atoms with E-state index in [1.54, 1.807) is 4.68 Å². The topological polar surface area (TPSA) is 74.7 Å². The number of aromatic nitrogens is 5. The molecule has 0 saturated heterocycles. The molecule has 2 saturated carbocycles. The van der Waals surface area contributed by atoms with Crippen molar-refractivity contribution < 1.29 is 4.79 Å². The van der Waals surface area contributed by atoms with Crippen molar-refractivity contribution in [2.45, 2.75) is 77.2 Å². The number of hydrogen-bond donors (Lipinski definition) is 0. The zero-order valence-corrected chi connectivity index (χ0v) is 20.2. The molecule has 174 valence electrons. The molecule has 0 unspecified atom stereocenters. The monoisotopic (exact) mass is 467 g/mol. The van der Waals surface area contributed by atoms with Gasteiger partial charge in [0.2, 0.25) is 0 Å². The van der Waals surface area contributed by atoms with Crippen LogP contribution < -0.4 is 5.56 Å². The SMILES string of the molecule is Cc1c(C(=O)Cc2c(C)n(C)n(C3CCCCC3)c2=O)nnn1-c1ccc(Cl)cc1C1CC1. The first kappa shape index (κ1) is 22.1. The molecule has 5 rings (SSSR count). The second-order valence-electron chi connectivity index (χ2n) is 9.54. The quantitative estimate of drug-likeness (QED) is 0.486. The molecular weight excluding hydrogens is 438 g/mol. The summed E-state index contributed by atoms with van der Waals surface area (Å²) in [5.74, 6) is 0.300. The lowest BCUT2D eigenvalue weighted by Gasteiger charge is -2.24. The van der Waals surface area contributed by atoms with Crippen molar-refractivity contribution in [3.8, 4) is 5.69 Å². The third-order valence-corrected chi connectivity index (χ3v) is 7.60. The molecule has 0 aliphatic heterocycles. The average molecular weight is 468 g/mol. The molecule has 7 nitrogen and oxygen atoms in total. The lowest BCUT2D eigenvalue weighted by Crippen LogP contribution is -2.29. The van der Waals surface area contributed by atoms with E-state index in [4.69, 9.17) is 11.6 Å². The summed E-state index contributed by atoms with van der Waals surface area (Å²) in [6.07, 6.45) is 7.85. The smallest absolute Gasteiger partial charge is 0.270 e. The van der Waals surface area contributed by atoms with Crippen LogP contribution in [0.25, 0.3) is 5.69 Å². The molecule has 2 aromatic heterocycles. The summed E-state index contributed by atoms with van der Waals surface area (Å²) in [5, 5.41) is 9.23. The van der Waals surface area contributed by atoms with E-state index in [-0.39, 0.29) is 23.8 Å². The standard InChI is InChI=1S/C25H30ClN5O2/c1-15-20(25(33)31(29(15)3)19-7-5-4-6-8-19)14-23(32)24-16(2)30(28-27-24)22-12-11-18(26)13-21(22)17-9-10-17/h11-13,17,19H,4-10,14H2,1-3H3. The normalized spacial score (nSPS) is 17.0. The van der Waals surface area contributed by atoms with Gasteiger partial charge in [-0.1, -0.05) is 36.1 Å². The number of benzene rings is 1. The Morgan fingerprint density at radius 2 is 1.82 bits per heavy atom. The molecule has 2 aliphatic carbocycles. The third kappa shape index (κ3) is 3.97. The van der Waals surface area contributed by atoms with Crippen LogP contribution in [-0.4, -0.2) is 30.1 Å². The van der Waals surface area contributed by atoms with Crippen molar-refractivity contribution in [3.63, 3.8) is 0 Å². The van der Waals surface area contributed by atoms with Crippen LogP contribution in [0.3, 0.4) is 0 Å². The van der Waals surface area contributed by atoms with Gasteiger partial charge in [-0.3, -0.25) is 14.3 Å². The number of hydrogen-bond acceptors (Lipinski definition) is 4. The Labute approximate surface area is 198 Å². The second-order valence-corrected chi connectivity index (χ2v) is 9.98. The largest absolute Gasteiger partial charge is 0.292 e. The Balaban J connectivity index is 1.45. The van der Waals surface area contributed by atoms with Crippen molar-refractivity contribution in [3.05, 3.63) is 61.8 Å². The van der Waals surface area contributed by atoms with Crippen molar-refractivity contribution in [1.29, 1.82) is 0 Å². The van der Waals surface area contributed by atoms with E-state index in [1.165, 1.54) is 6.42 Å². The van der Waals surface area contributed by atoms with Crippen LogP contribution in [0, 0.1) is 13.8 Å². The second kappa shape index (κ2) is 8.60. The average Bonchev–Trinajstić information content (AvgIpc) is 3.55. The van der Waals surface area contributed by atoms with E-state index >= 15 is 0 Å². The highest BCUT2D eigenvalue weighted by Gasteiger charge is 2.29. The van der Waals surface area contributed by atoms with Gasteiger partial charge in [-0.15, -0.1) is 5.10 Å². The summed E-state index contributed by atoms with van der Waals surface area (Å²) in [6, 6.07) is 5.98. The van der Waals surface area contributed by atoms with E-state index < -0.39 is 0 Å². The Hall–Kier alpha value is -2.67. The summed E-state index contributed by atoms with van der Waals surface area (Å²) < 4.78 is 5.52. The lowest BCUT2D eigenvalue weighted by molar-refractivity contribution is 0.0987. The number of nitrogens with zero attached hydrogens (tertiary/aromatic N) is 5. The van der Waals surface area contributed by atoms with Crippen LogP contribution in [0.1, 0.15) is 89.9 Å². The molecule has 3 aromatic rings. The first-order valence-electron chi connectivity index (χ1n) is 11.9.